The molecule has 0 aliphatic carbocycles. The topological polar surface area (TPSA) is 59.6 Å². The van der Waals surface area contributed by atoms with E-state index >= 15 is 0 Å². The van der Waals surface area contributed by atoms with Crippen LogP contribution >= 0.6 is 0 Å². The minimum atomic E-state index is -0.391. The molecule has 1 atom stereocenters. The number of hydrogen-bond acceptors (Lipinski definition) is 4. The Hall–Kier alpha value is -3.47. The zero-order chi connectivity index (χ0) is 18.6. The number of fused-ring (bicyclic) bond motifs is 1. The Labute approximate surface area is 157 Å². The van der Waals surface area contributed by atoms with Gasteiger partial charge in [0, 0.05) is 17.4 Å². The second kappa shape index (κ2) is 7.41. The maximum atomic E-state index is 12.5. The Morgan fingerprint density at radius 1 is 0.852 bits per heavy atom. The summed E-state index contributed by atoms with van der Waals surface area (Å²) in [6, 6.07) is 23.2. The van der Waals surface area contributed by atoms with E-state index in [1.807, 2.05) is 49.4 Å². The van der Waals surface area contributed by atoms with Crippen molar-refractivity contribution in [3.8, 4) is 22.6 Å². The Morgan fingerprint density at radius 2 is 1.52 bits per heavy atom. The summed E-state index contributed by atoms with van der Waals surface area (Å²) in [5.41, 5.74) is 3.87. The van der Waals surface area contributed by atoms with E-state index in [2.05, 4.69) is 22.8 Å². The average molecular weight is 360 g/mol. The molecular weight excluding hydrogens is 340 g/mol. The molecule has 0 spiro atoms. The fourth-order valence-electron chi connectivity index (χ4n) is 2.93. The molecule has 5 heteroatoms. The van der Waals surface area contributed by atoms with Crippen molar-refractivity contribution in [3.05, 3.63) is 72.8 Å². The summed E-state index contributed by atoms with van der Waals surface area (Å²) < 4.78 is 10.6. The van der Waals surface area contributed by atoms with Crippen molar-refractivity contribution < 1.29 is 14.3 Å². The second-order valence-electron chi connectivity index (χ2n) is 6.37. The van der Waals surface area contributed by atoms with Gasteiger partial charge in [-0.3, -0.25) is 4.79 Å². The third-order valence-electron chi connectivity index (χ3n) is 4.41. The fourth-order valence-corrected chi connectivity index (χ4v) is 2.93. The fraction of sp³-hybridized carbons (Fsp3) is 0.136. The van der Waals surface area contributed by atoms with Gasteiger partial charge in [-0.05, 0) is 42.3 Å². The zero-order valence-electron chi connectivity index (χ0n) is 14.9. The number of rotatable bonds is 5. The number of carbonyl (C=O) groups excluding carboxylic acids is 1. The summed E-state index contributed by atoms with van der Waals surface area (Å²) in [6.45, 7) is 2.04. The Bertz CT molecular complexity index is 940. The lowest BCUT2D eigenvalue weighted by atomic mass is 10.1. The van der Waals surface area contributed by atoms with Crippen LogP contribution in [-0.4, -0.2) is 18.7 Å². The normalized spacial score (nSPS) is 13.1. The van der Waals surface area contributed by atoms with Crippen LogP contribution in [0.1, 0.15) is 6.92 Å². The Kier molecular flexibility index (Phi) is 4.66. The van der Waals surface area contributed by atoms with Crippen molar-refractivity contribution in [2.45, 2.75) is 13.0 Å². The molecule has 0 bridgehead atoms. The number of hydrogen-bond donors (Lipinski definition) is 2. The SMILES string of the molecule is C[C@H](Nc1ccc(-c2ccccc2)cc1)C(=O)Nc1ccc2c(c1)OCO2. The van der Waals surface area contributed by atoms with E-state index in [-0.39, 0.29) is 12.7 Å². The number of ether oxygens (including phenoxy) is 2. The third-order valence-corrected chi connectivity index (χ3v) is 4.41. The van der Waals surface area contributed by atoms with Crippen LogP contribution in [0.25, 0.3) is 11.1 Å². The highest BCUT2D eigenvalue weighted by Crippen LogP contribution is 2.34. The smallest absolute Gasteiger partial charge is 0.246 e. The quantitative estimate of drug-likeness (QED) is 0.702. The lowest BCUT2D eigenvalue weighted by molar-refractivity contribution is -0.116. The van der Waals surface area contributed by atoms with Crippen molar-refractivity contribution in [1.82, 2.24) is 0 Å². The maximum Gasteiger partial charge on any atom is 0.246 e. The molecule has 4 rings (SSSR count). The Morgan fingerprint density at radius 3 is 2.30 bits per heavy atom. The monoisotopic (exact) mass is 360 g/mol. The Balaban J connectivity index is 1.38. The van der Waals surface area contributed by atoms with Gasteiger partial charge in [0.1, 0.15) is 6.04 Å². The first-order valence-corrected chi connectivity index (χ1v) is 8.81. The van der Waals surface area contributed by atoms with Gasteiger partial charge in [0.05, 0.1) is 0 Å². The molecule has 3 aromatic rings. The van der Waals surface area contributed by atoms with E-state index in [0.717, 1.165) is 16.8 Å². The van der Waals surface area contributed by atoms with Gasteiger partial charge in [-0.15, -0.1) is 0 Å². The largest absolute Gasteiger partial charge is 0.454 e. The molecule has 0 fully saturated rings. The molecule has 0 unspecified atom stereocenters. The molecule has 0 saturated carbocycles. The summed E-state index contributed by atoms with van der Waals surface area (Å²) in [5.74, 6) is 1.21. The highest BCUT2D eigenvalue weighted by atomic mass is 16.7. The molecule has 0 saturated heterocycles. The van der Waals surface area contributed by atoms with Gasteiger partial charge in [0.25, 0.3) is 0 Å². The summed E-state index contributed by atoms with van der Waals surface area (Å²) in [4.78, 5) is 12.5. The van der Waals surface area contributed by atoms with E-state index < -0.39 is 6.04 Å². The number of benzene rings is 3. The van der Waals surface area contributed by atoms with Crippen molar-refractivity contribution >= 4 is 17.3 Å². The van der Waals surface area contributed by atoms with Gasteiger partial charge in [0.15, 0.2) is 11.5 Å². The molecule has 136 valence electrons. The highest BCUT2D eigenvalue weighted by Gasteiger charge is 2.16. The first-order chi connectivity index (χ1) is 13.2. The molecule has 1 heterocycles. The molecule has 5 nitrogen and oxygen atoms in total. The molecule has 1 aliphatic rings. The van der Waals surface area contributed by atoms with Gasteiger partial charge in [-0.1, -0.05) is 42.5 Å². The number of carbonyl (C=O) groups is 1. The van der Waals surface area contributed by atoms with Crippen molar-refractivity contribution in [1.29, 1.82) is 0 Å². The minimum absolute atomic E-state index is 0.124. The average Bonchev–Trinajstić information content (AvgIpc) is 3.17. The van der Waals surface area contributed by atoms with Crippen LogP contribution in [0, 0.1) is 0 Å². The number of amides is 1. The molecule has 2 N–H and O–H groups in total. The molecule has 1 aliphatic heterocycles. The molecule has 3 aromatic carbocycles. The lowest BCUT2D eigenvalue weighted by Gasteiger charge is -2.16. The van der Waals surface area contributed by atoms with Crippen LogP contribution in [0.2, 0.25) is 0 Å². The minimum Gasteiger partial charge on any atom is -0.454 e. The highest BCUT2D eigenvalue weighted by molar-refractivity contribution is 5.96. The van der Waals surface area contributed by atoms with Crippen molar-refractivity contribution in [2.75, 3.05) is 17.4 Å². The summed E-state index contributed by atoms with van der Waals surface area (Å²) in [7, 11) is 0. The van der Waals surface area contributed by atoms with Gasteiger partial charge < -0.3 is 20.1 Å². The van der Waals surface area contributed by atoms with Crippen LogP contribution in [0.4, 0.5) is 11.4 Å². The predicted octanol–water partition coefficient (Wildman–Crippen LogP) is 4.52. The second-order valence-corrected chi connectivity index (χ2v) is 6.37. The van der Waals surface area contributed by atoms with Gasteiger partial charge in [-0.2, -0.15) is 0 Å². The van der Waals surface area contributed by atoms with Gasteiger partial charge in [0.2, 0.25) is 12.7 Å². The maximum absolute atomic E-state index is 12.5. The van der Waals surface area contributed by atoms with Crippen LogP contribution in [0.3, 0.4) is 0 Å². The van der Waals surface area contributed by atoms with Gasteiger partial charge in [-0.25, -0.2) is 0 Å². The molecule has 0 radical (unpaired) electrons. The summed E-state index contributed by atoms with van der Waals surface area (Å²) in [6.07, 6.45) is 0. The lowest BCUT2D eigenvalue weighted by Crippen LogP contribution is -2.31. The summed E-state index contributed by atoms with van der Waals surface area (Å²) >= 11 is 0. The first-order valence-electron chi connectivity index (χ1n) is 8.81. The molecule has 0 aromatic heterocycles. The van der Waals surface area contributed by atoms with E-state index in [1.54, 1.807) is 18.2 Å². The predicted molar refractivity (Wildman–Crippen MR) is 106 cm³/mol. The van der Waals surface area contributed by atoms with Crippen LogP contribution in [0.5, 0.6) is 11.5 Å². The molecular formula is C22H20N2O3. The van der Waals surface area contributed by atoms with Crippen LogP contribution in [0.15, 0.2) is 72.8 Å². The molecule has 1 amide bonds. The third kappa shape index (κ3) is 3.87. The standard InChI is InChI=1S/C22H20N2O3/c1-15(22(25)24-19-11-12-20-21(13-19)27-14-26-20)23-18-9-7-17(8-10-18)16-5-3-2-4-6-16/h2-13,15,23H,14H2,1H3,(H,24,25)/t15-/m0/s1. The van der Waals surface area contributed by atoms with Crippen LogP contribution < -0.4 is 20.1 Å². The van der Waals surface area contributed by atoms with Crippen molar-refractivity contribution in [3.63, 3.8) is 0 Å². The number of nitrogens with one attached hydrogen (secondary N) is 2. The zero-order valence-corrected chi connectivity index (χ0v) is 14.9. The van der Waals surface area contributed by atoms with E-state index in [1.165, 1.54) is 0 Å². The van der Waals surface area contributed by atoms with E-state index in [4.69, 9.17) is 9.47 Å². The summed E-state index contributed by atoms with van der Waals surface area (Å²) in [5, 5.41) is 6.12. The molecule has 27 heavy (non-hydrogen) atoms. The number of anilines is 2. The van der Waals surface area contributed by atoms with E-state index in [9.17, 15) is 4.79 Å². The van der Waals surface area contributed by atoms with Crippen molar-refractivity contribution in [2.24, 2.45) is 0 Å². The van der Waals surface area contributed by atoms with E-state index in [0.29, 0.717) is 17.2 Å². The van der Waals surface area contributed by atoms with Crippen LogP contribution in [-0.2, 0) is 4.79 Å². The first kappa shape index (κ1) is 17.0. The van der Waals surface area contributed by atoms with Gasteiger partial charge >= 0.3 is 0 Å².